The lowest BCUT2D eigenvalue weighted by Crippen LogP contribution is -2.63. The van der Waals surface area contributed by atoms with E-state index in [1.54, 1.807) is 4.90 Å². The van der Waals surface area contributed by atoms with Crippen molar-refractivity contribution in [2.24, 2.45) is 11.1 Å². The summed E-state index contributed by atoms with van der Waals surface area (Å²) in [5.74, 6) is 0.137. The molecule has 2 aliphatic rings. The van der Waals surface area contributed by atoms with Crippen molar-refractivity contribution in [2.45, 2.75) is 45.8 Å². The number of urea groups is 1. The number of amides is 3. The molecule has 206 valence electrons. The minimum atomic E-state index is -0.400. The van der Waals surface area contributed by atoms with Crippen molar-refractivity contribution < 1.29 is 9.59 Å². The zero-order valence-electron chi connectivity index (χ0n) is 22.7. The fourth-order valence-corrected chi connectivity index (χ4v) is 5.93. The van der Waals surface area contributed by atoms with E-state index >= 15 is 0 Å². The molecule has 4 rings (SSSR count). The summed E-state index contributed by atoms with van der Waals surface area (Å²) in [5, 5.41) is 1.41. The van der Waals surface area contributed by atoms with Crippen molar-refractivity contribution >= 4 is 35.1 Å². The first-order valence-corrected chi connectivity index (χ1v) is 14.0. The average Bonchev–Trinajstić information content (AvgIpc) is 2.87. The molecule has 2 unspecified atom stereocenters. The minimum absolute atomic E-state index is 0.0218. The van der Waals surface area contributed by atoms with Crippen molar-refractivity contribution in [1.29, 1.82) is 0 Å². The second-order valence-corrected chi connectivity index (χ2v) is 12.4. The highest BCUT2D eigenvalue weighted by Gasteiger charge is 2.41. The minimum Gasteiger partial charge on any atom is -0.351 e. The largest absolute Gasteiger partial charge is 0.351 e. The maximum absolute atomic E-state index is 13.7. The molecule has 0 spiro atoms. The first kappa shape index (κ1) is 28.7. The van der Waals surface area contributed by atoms with Gasteiger partial charge in [-0.15, -0.1) is 0 Å². The lowest BCUT2D eigenvalue weighted by Gasteiger charge is -2.50. The number of rotatable bonds is 5. The number of benzene rings is 2. The number of hydrogen-bond donors (Lipinski definition) is 1. The van der Waals surface area contributed by atoms with Gasteiger partial charge in [-0.1, -0.05) is 68.2 Å². The number of carbonyl (C=O) groups excluding carboxylic acids is 2. The van der Waals surface area contributed by atoms with Crippen LogP contribution in [0.3, 0.4) is 0 Å². The fraction of sp³-hybridized carbons (Fsp3) is 0.517. The van der Waals surface area contributed by atoms with Crippen molar-refractivity contribution in [3.05, 3.63) is 69.7 Å². The number of nitrogens with zero attached hydrogens (tertiary/aromatic N) is 4. The molecule has 2 heterocycles. The van der Waals surface area contributed by atoms with Gasteiger partial charge in [-0.25, -0.2) is 4.79 Å². The van der Waals surface area contributed by atoms with E-state index in [1.807, 2.05) is 31.2 Å². The lowest BCUT2D eigenvalue weighted by molar-refractivity contribution is -0.142. The molecule has 2 atom stereocenters. The van der Waals surface area contributed by atoms with Crippen LogP contribution in [0.2, 0.25) is 10.0 Å². The molecule has 0 aromatic heterocycles. The molecule has 2 aromatic rings. The quantitative estimate of drug-likeness (QED) is 0.574. The van der Waals surface area contributed by atoms with Crippen LogP contribution in [-0.2, 0) is 4.79 Å². The predicted octanol–water partition coefficient (Wildman–Crippen LogP) is 4.73. The Morgan fingerprint density at radius 3 is 1.92 bits per heavy atom. The van der Waals surface area contributed by atoms with E-state index in [0.29, 0.717) is 42.8 Å². The Labute approximate surface area is 236 Å². The molecule has 38 heavy (non-hydrogen) atoms. The number of primary amides is 1. The van der Waals surface area contributed by atoms with Gasteiger partial charge in [0.15, 0.2) is 0 Å². The third kappa shape index (κ3) is 6.63. The Hall–Kier alpha value is -2.32. The Morgan fingerprint density at radius 1 is 0.895 bits per heavy atom. The Bertz CT molecular complexity index is 1070. The summed E-state index contributed by atoms with van der Waals surface area (Å²) in [4.78, 5) is 33.7. The molecular formula is C29H39Cl2N5O2. The number of carbonyl (C=O) groups is 2. The van der Waals surface area contributed by atoms with Crippen LogP contribution in [0.4, 0.5) is 4.79 Å². The predicted molar refractivity (Wildman–Crippen MR) is 153 cm³/mol. The van der Waals surface area contributed by atoms with Gasteiger partial charge in [0.25, 0.3) is 0 Å². The number of hydrogen-bond acceptors (Lipinski definition) is 4. The maximum atomic E-state index is 13.7. The average molecular weight is 561 g/mol. The van der Waals surface area contributed by atoms with E-state index < -0.39 is 6.03 Å². The SMILES string of the molecule is CC1CN(C(N)=O)CCN1CC(=O)N1CCN(C(c2ccc(Cl)cc2)c2ccc(Cl)cc2)CC1C(C)(C)C. The van der Waals surface area contributed by atoms with E-state index in [0.717, 1.165) is 24.2 Å². The third-order valence-electron chi connectivity index (χ3n) is 7.88. The van der Waals surface area contributed by atoms with Gasteiger partial charge in [0.1, 0.15) is 0 Å². The molecular weight excluding hydrogens is 521 g/mol. The van der Waals surface area contributed by atoms with Gasteiger partial charge in [-0.2, -0.15) is 0 Å². The summed E-state index contributed by atoms with van der Waals surface area (Å²) in [5.41, 5.74) is 7.67. The molecule has 3 amide bonds. The van der Waals surface area contributed by atoms with E-state index in [2.05, 4.69) is 59.7 Å². The van der Waals surface area contributed by atoms with Gasteiger partial charge >= 0.3 is 6.03 Å². The van der Waals surface area contributed by atoms with E-state index in [-0.39, 0.29) is 29.4 Å². The van der Waals surface area contributed by atoms with Crippen LogP contribution >= 0.6 is 23.2 Å². The molecule has 2 fully saturated rings. The van der Waals surface area contributed by atoms with Crippen LogP contribution in [0.1, 0.15) is 44.9 Å². The summed E-state index contributed by atoms with van der Waals surface area (Å²) in [7, 11) is 0. The molecule has 2 aliphatic heterocycles. The summed E-state index contributed by atoms with van der Waals surface area (Å²) in [6.45, 7) is 12.9. The molecule has 0 saturated carbocycles. The summed E-state index contributed by atoms with van der Waals surface area (Å²) < 4.78 is 0. The first-order valence-electron chi connectivity index (χ1n) is 13.3. The topological polar surface area (TPSA) is 73.1 Å². The molecule has 2 N–H and O–H groups in total. The molecule has 0 radical (unpaired) electrons. The maximum Gasteiger partial charge on any atom is 0.314 e. The summed E-state index contributed by atoms with van der Waals surface area (Å²) in [6, 6.07) is 15.8. The van der Waals surface area contributed by atoms with Crippen LogP contribution in [0.25, 0.3) is 0 Å². The van der Waals surface area contributed by atoms with Crippen molar-refractivity contribution in [3.8, 4) is 0 Å². The number of piperazine rings is 2. The molecule has 9 heteroatoms. The van der Waals surface area contributed by atoms with Crippen LogP contribution < -0.4 is 5.73 Å². The highest BCUT2D eigenvalue weighted by Crippen LogP contribution is 2.36. The van der Waals surface area contributed by atoms with Crippen LogP contribution in [0.15, 0.2) is 48.5 Å². The summed E-state index contributed by atoms with van der Waals surface area (Å²) in [6.07, 6.45) is 0. The fourth-order valence-electron chi connectivity index (χ4n) is 5.68. The van der Waals surface area contributed by atoms with Gasteiger partial charge in [0, 0.05) is 61.4 Å². The Kier molecular flexibility index (Phi) is 8.92. The first-order chi connectivity index (χ1) is 17.9. The monoisotopic (exact) mass is 559 g/mol. The normalized spacial score (nSPS) is 21.7. The molecule has 0 bridgehead atoms. The second-order valence-electron chi connectivity index (χ2n) is 11.6. The summed E-state index contributed by atoms with van der Waals surface area (Å²) >= 11 is 12.4. The zero-order chi connectivity index (χ0) is 27.6. The lowest BCUT2D eigenvalue weighted by atomic mass is 9.83. The Balaban J connectivity index is 1.55. The van der Waals surface area contributed by atoms with E-state index in [4.69, 9.17) is 28.9 Å². The van der Waals surface area contributed by atoms with Crippen molar-refractivity contribution in [2.75, 3.05) is 45.8 Å². The molecule has 2 aromatic carbocycles. The van der Waals surface area contributed by atoms with Gasteiger partial charge in [0.2, 0.25) is 5.91 Å². The number of nitrogens with two attached hydrogens (primary N) is 1. The molecule has 0 aliphatic carbocycles. The van der Waals surface area contributed by atoms with Crippen molar-refractivity contribution in [1.82, 2.24) is 19.6 Å². The highest BCUT2D eigenvalue weighted by molar-refractivity contribution is 6.30. The van der Waals surface area contributed by atoms with Crippen LogP contribution in [0, 0.1) is 5.41 Å². The van der Waals surface area contributed by atoms with Gasteiger partial charge in [-0.3, -0.25) is 14.6 Å². The van der Waals surface area contributed by atoms with E-state index in [1.165, 1.54) is 0 Å². The van der Waals surface area contributed by atoms with Crippen LogP contribution in [-0.4, -0.2) is 89.4 Å². The van der Waals surface area contributed by atoms with Crippen LogP contribution in [0.5, 0.6) is 0 Å². The van der Waals surface area contributed by atoms with Crippen molar-refractivity contribution in [3.63, 3.8) is 0 Å². The van der Waals surface area contributed by atoms with E-state index in [9.17, 15) is 9.59 Å². The molecule has 7 nitrogen and oxygen atoms in total. The zero-order valence-corrected chi connectivity index (χ0v) is 24.3. The second kappa shape index (κ2) is 11.8. The standard InChI is InChI=1S/C29H39Cl2N5O2/c1-20-17-35(28(32)38)14-13-33(20)19-26(37)36-16-15-34(18-25(36)29(2,3)4)27(21-5-9-23(30)10-6-21)22-7-11-24(31)12-8-22/h5-12,20,25,27H,13-19H2,1-4H3,(H2,32,38). The van der Waals surface area contributed by atoms with Gasteiger partial charge < -0.3 is 15.5 Å². The Morgan fingerprint density at radius 2 is 1.45 bits per heavy atom. The van der Waals surface area contributed by atoms with Gasteiger partial charge in [-0.05, 0) is 47.7 Å². The smallest absolute Gasteiger partial charge is 0.314 e. The third-order valence-corrected chi connectivity index (χ3v) is 8.39. The van der Waals surface area contributed by atoms with Gasteiger partial charge in [0.05, 0.1) is 12.6 Å². The molecule has 2 saturated heterocycles. The highest BCUT2D eigenvalue weighted by atomic mass is 35.5. The number of halogens is 2.